The Morgan fingerprint density at radius 1 is 1.20 bits per heavy atom. The third-order valence-corrected chi connectivity index (χ3v) is 2.31. The average molecular weight is 217 g/mol. The predicted molar refractivity (Wildman–Crippen MR) is 64.1 cm³/mol. The quantitative estimate of drug-likeness (QED) is 0.550. The van der Waals surface area contributed by atoms with Crippen molar-refractivity contribution in [3.8, 4) is 0 Å². The topological polar surface area (TPSA) is 41.5 Å². The smallest absolute Gasteiger partial charge is 0.0975 e. The highest BCUT2D eigenvalue weighted by Crippen LogP contribution is 2.04. The van der Waals surface area contributed by atoms with Gasteiger partial charge in [0, 0.05) is 13.2 Å². The van der Waals surface area contributed by atoms with E-state index >= 15 is 0 Å². The molecule has 0 bridgehead atoms. The van der Waals surface area contributed by atoms with Crippen LogP contribution in [-0.2, 0) is 4.74 Å². The lowest BCUT2D eigenvalue weighted by atomic mass is 10.1. The van der Waals surface area contributed by atoms with Crippen LogP contribution in [0.4, 0.5) is 0 Å². The lowest BCUT2D eigenvalue weighted by Gasteiger charge is -2.23. The molecule has 92 valence electrons. The Balaban J connectivity index is 3.32. The number of rotatable bonds is 10. The molecule has 0 aromatic rings. The van der Waals surface area contributed by atoms with Crippen molar-refractivity contribution < 1.29 is 9.84 Å². The first-order chi connectivity index (χ1) is 7.12. The molecule has 0 rings (SSSR count). The molecule has 0 fully saturated rings. The number of hydrogen-bond acceptors (Lipinski definition) is 3. The van der Waals surface area contributed by atoms with E-state index in [9.17, 15) is 5.11 Å². The van der Waals surface area contributed by atoms with Gasteiger partial charge in [0.15, 0.2) is 0 Å². The summed E-state index contributed by atoms with van der Waals surface area (Å²) in [5, 5.41) is 13.0. The van der Waals surface area contributed by atoms with E-state index in [0.29, 0.717) is 13.2 Å². The molecule has 0 saturated heterocycles. The Labute approximate surface area is 94.2 Å². The number of likely N-dealkylation sites (N-methyl/N-ethyl adjacent to an activating group) is 1. The van der Waals surface area contributed by atoms with Crippen LogP contribution in [0.5, 0.6) is 0 Å². The van der Waals surface area contributed by atoms with Gasteiger partial charge in [-0.25, -0.2) is 0 Å². The number of nitrogens with one attached hydrogen (secondary N) is 1. The van der Waals surface area contributed by atoms with Crippen LogP contribution in [-0.4, -0.2) is 37.0 Å². The second-order valence-electron chi connectivity index (χ2n) is 4.39. The zero-order valence-electron chi connectivity index (χ0n) is 10.5. The fourth-order valence-corrected chi connectivity index (χ4v) is 1.37. The van der Waals surface area contributed by atoms with Crippen LogP contribution in [0.2, 0.25) is 0 Å². The first-order valence-electron chi connectivity index (χ1n) is 6.13. The summed E-state index contributed by atoms with van der Waals surface area (Å²) in [5.41, 5.74) is -0.735. The van der Waals surface area contributed by atoms with E-state index in [4.69, 9.17) is 4.74 Å². The molecular weight excluding hydrogens is 190 g/mol. The molecule has 0 radical (unpaired) electrons. The van der Waals surface area contributed by atoms with Crippen molar-refractivity contribution in [1.29, 1.82) is 0 Å². The summed E-state index contributed by atoms with van der Waals surface area (Å²) in [4.78, 5) is 0. The van der Waals surface area contributed by atoms with Gasteiger partial charge >= 0.3 is 0 Å². The van der Waals surface area contributed by atoms with Crippen LogP contribution in [0.25, 0.3) is 0 Å². The summed E-state index contributed by atoms with van der Waals surface area (Å²) >= 11 is 0. The Hall–Kier alpha value is -0.120. The van der Waals surface area contributed by atoms with Gasteiger partial charge in [0.05, 0.1) is 12.2 Å². The molecule has 0 amide bonds. The van der Waals surface area contributed by atoms with E-state index in [-0.39, 0.29) is 0 Å². The maximum atomic E-state index is 9.86. The molecule has 0 heterocycles. The molecule has 2 N–H and O–H groups in total. The molecular formula is C12H27NO2. The van der Waals surface area contributed by atoms with E-state index in [1.165, 1.54) is 19.3 Å². The number of ether oxygens (including phenoxy) is 1. The lowest BCUT2D eigenvalue weighted by molar-refractivity contribution is -0.0327. The normalized spacial score (nSPS) is 15.2. The van der Waals surface area contributed by atoms with Crippen molar-refractivity contribution in [2.24, 2.45) is 0 Å². The van der Waals surface area contributed by atoms with Crippen molar-refractivity contribution in [3.05, 3.63) is 0 Å². The molecule has 0 aromatic carbocycles. The van der Waals surface area contributed by atoms with Crippen molar-refractivity contribution in [2.45, 2.75) is 52.1 Å². The highest BCUT2D eigenvalue weighted by atomic mass is 16.5. The minimum Gasteiger partial charge on any atom is -0.386 e. The van der Waals surface area contributed by atoms with E-state index in [0.717, 1.165) is 19.6 Å². The fraction of sp³-hybridized carbons (Fsp3) is 1.00. The fourth-order valence-electron chi connectivity index (χ4n) is 1.37. The van der Waals surface area contributed by atoms with Crippen LogP contribution in [0.1, 0.15) is 46.5 Å². The SMILES string of the molecule is CCCCCCOCC(C)(O)CNCC. The molecule has 1 unspecified atom stereocenters. The van der Waals surface area contributed by atoms with Gasteiger partial charge in [0.25, 0.3) is 0 Å². The molecule has 3 heteroatoms. The molecule has 0 aliphatic carbocycles. The van der Waals surface area contributed by atoms with Crippen LogP contribution in [0.3, 0.4) is 0 Å². The predicted octanol–water partition coefficient (Wildman–Crippen LogP) is 1.94. The Kier molecular flexibility index (Phi) is 9.06. The average Bonchev–Trinajstić information content (AvgIpc) is 2.20. The number of hydrogen-bond donors (Lipinski definition) is 2. The summed E-state index contributed by atoms with van der Waals surface area (Å²) in [7, 11) is 0. The van der Waals surface area contributed by atoms with Gasteiger partial charge in [-0.3, -0.25) is 0 Å². The maximum absolute atomic E-state index is 9.86. The molecule has 0 aliphatic rings. The summed E-state index contributed by atoms with van der Waals surface area (Å²) in [6, 6.07) is 0. The molecule has 3 nitrogen and oxygen atoms in total. The molecule has 0 aromatic heterocycles. The third kappa shape index (κ3) is 10.2. The van der Waals surface area contributed by atoms with E-state index in [1.54, 1.807) is 0 Å². The Morgan fingerprint density at radius 2 is 1.93 bits per heavy atom. The zero-order valence-corrected chi connectivity index (χ0v) is 10.5. The molecule has 0 aliphatic heterocycles. The van der Waals surface area contributed by atoms with Gasteiger partial charge in [-0.05, 0) is 19.9 Å². The van der Waals surface area contributed by atoms with E-state index in [2.05, 4.69) is 12.2 Å². The zero-order chi connectivity index (χ0) is 11.6. The summed E-state index contributed by atoms with van der Waals surface area (Å²) in [5.74, 6) is 0. The minimum atomic E-state index is -0.735. The van der Waals surface area contributed by atoms with Crippen LogP contribution in [0, 0.1) is 0 Å². The second-order valence-corrected chi connectivity index (χ2v) is 4.39. The van der Waals surface area contributed by atoms with Crippen LogP contribution < -0.4 is 5.32 Å². The number of unbranched alkanes of at least 4 members (excludes halogenated alkanes) is 3. The van der Waals surface area contributed by atoms with Gasteiger partial charge in [0.1, 0.15) is 0 Å². The van der Waals surface area contributed by atoms with Crippen molar-refractivity contribution in [3.63, 3.8) is 0 Å². The first kappa shape index (κ1) is 14.9. The van der Waals surface area contributed by atoms with Gasteiger partial charge in [-0.2, -0.15) is 0 Å². The monoisotopic (exact) mass is 217 g/mol. The maximum Gasteiger partial charge on any atom is 0.0975 e. The van der Waals surface area contributed by atoms with E-state index in [1.807, 2.05) is 13.8 Å². The Bertz CT molecular complexity index is 138. The second kappa shape index (κ2) is 9.13. The van der Waals surface area contributed by atoms with Crippen molar-refractivity contribution in [2.75, 3.05) is 26.3 Å². The van der Waals surface area contributed by atoms with Crippen molar-refractivity contribution in [1.82, 2.24) is 5.32 Å². The Morgan fingerprint density at radius 3 is 2.53 bits per heavy atom. The molecule has 1 atom stereocenters. The van der Waals surface area contributed by atoms with Gasteiger partial charge < -0.3 is 15.2 Å². The third-order valence-electron chi connectivity index (χ3n) is 2.31. The standard InChI is InChI=1S/C12H27NO2/c1-4-6-7-8-9-15-11-12(3,14)10-13-5-2/h13-14H,4-11H2,1-3H3. The van der Waals surface area contributed by atoms with E-state index < -0.39 is 5.60 Å². The molecule has 0 saturated carbocycles. The summed E-state index contributed by atoms with van der Waals surface area (Å²) in [6.07, 6.45) is 4.85. The van der Waals surface area contributed by atoms with Crippen molar-refractivity contribution >= 4 is 0 Å². The largest absolute Gasteiger partial charge is 0.386 e. The van der Waals surface area contributed by atoms with Crippen LogP contribution >= 0.6 is 0 Å². The highest BCUT2D eigenvalue weighted by molar-refractivity contribution is 4.74. The molecule has 0 spiro atoms. The number of aliphatic hydroxyl groups is 1. The van der Waals surface area contributed by atoms with Gasteiger partial charge in [-0.1, -0.05) is 33.1 Å². The highest BCUT2D eigenvalue weighted by Gasteiger charge is 2.19. The van der Waals surface area contributed by atoms with Gasteiger partial charge in [-0.15, -0.1) is 0 Å². The van der Waals surface area contributed by atoms with Crippen LogP contribution in [0.15, 0.2) is 0 Å². The summed E-state index contributed by atoms with van der Waals surface area (Å²) in [6.45, 7) is 8.70. The first-order valence-corrected chi connectivity index (χ1v) is 6.13. The molecule has 15 heavy (non-hydrogen) atoms. The minimum absolute atomic E-state index is 0.423. The van der Waals surface area contributed by atoms with Gasteiger partial charge in [0.2, 0.25) is 0 Å². The summed E-state index contributed by atoms with van der Waals surface area (Å²) < 4.78 is 5.45. The lowest BCUT2D eigenvalue weighted by Crippen LogP contribution is -2.41.